The molecule has 1 aromatic carbocycles. The quantitative estimate of drug-likeness (QED) is 0.725. The van der Waals surface area contributed by atoms with Crippen LogP contribution in [0.25, 0.3) is 0 Å². The predicted octanol–water partition coefficient (Wildman–Crippen LogP) is 2.93. The van der Waals surface area contributed by atoms with E-state index in [1.165, 1.54) is 6.42 Å². The Labute approximate surface area is 139 Å². The van der Waals surface area contributed by atoms with Crippen LogP contribution in [0, 0.1) is 0 Å². The predicted molar refractivity (Wildman–Crippen MR) is 90.1 cm³/mol. The smallest absolute Gasteiger partial charge is 0.253 e. The summed E-state index contributed by atoms with van der Waals surface area (Å²) >= 11 is 6.15. The number of hydrogen-bond donors (Lipinski definition) is 3. The van der Waals surface area contributed by atoms with Crippen LogP contribution in [0.15, 0.2) is 24.3 Å². The van der Waals surface area contributed by atoms with E-state index in [9.17, 15) is 0 Å². The highest BCUT2D eigenvalue weighted by Crippen LogP contribution is 2.20. The molecule has 7 nitrogen and oxygen atoms in total. The molecule has 3 rings (SSSR count). The molecule has 1 fully saturated rings. The Bertz CT molecular complexity index is 662. The van der Waals surface area contributed by atoms with E-state index in [4.69, 9.17) is 16.8 Å². The zero-order valence-corrected chi connectivity index (χ0v) is 13.4. The largest absolute Gasteiger partial charge is 0.350 e. The molecule has 0 aliphatic carbocycles. The Morgan fingerprint density at radius 2 is 1.78 bits per heavy atom. The van der Waals surface area contributed by atoms with Gasteiger partial charge in [-0.15, -0.1) is 0 Å². The minimum atomic E-state index is 0.127. The van der Waals surface area contributed by atoms with E-state index in [2.05, 4.69) is 25.2 Å². The Morgan fingerprint density at radius 3 is 2.52 bits per heavy atom. The van der Waals surface area contributed by atoms with Crippen molar-refractivity contribution in [2.45, 2.75) is 25.8 Å². The number of piperidine rings is 1. The average molecular weight is 335 g/mol. The zero-order valence-electron chi connectivity index (χ0n) is 12.7. The van der Waals surface area contributed by atoms with Crippen molar-refractivity contribution in [1.82, 2.24) is 15.0 Å². The van der Waals surface area contributed by atoms with Crippen LogP contribution in [0.2, 0.25) is 5.02 Å². The summed E-state index contributed by atoms with van der Waals surface area (Å²) in [6.07, 6.45) is 3.47. The number of nitrogens with one attached hydrogen (secondary N) is 2. The summed E-state index contributed by atoms with van der Waals surface area (Å²) in [5.41, 5.74) is 2.95. The van der Waals surface area contributed by atoms with Gasteiger partial charge in [0.15, 0.2) is 0 Å². The molecule has 0 bridgehead atoms. The van der Waals surface area contributed by atoms with Crippen LogP contribution in [0.3, 0.4) is 0 Å². The highest BCUT2D eigenvalue weighted by Gasteiger charge is 2.16. The highest BCUT2D eigenvalue weighted by atomic mass is 35.5. The summed E-state index contributed by atoms with van der Waals surface area (Å²) in [7, 11) is 0. The fourth-order valence-corrected chi connectivity index (χ4v) is 2.75. The van der Waals surface area contributed by atoms with E-state index in [0.29, 0.717) is 23.5 Å². The van der Waals surface area contributed by atoms with Gasteiger partial charge in [-0.25, -0.2) is 5.48 Å². The molecule has 1 aliphatic heterocycles. The zero-order chi connectivity index (χ0) is 16.1. The van der Waals surface area contributed by atoms with E-state index in [-0.39, 0.29) is 5.95 Å². The molecule has 0 atom stereocenters. The molecule has 2 aromatic rings. The lowest BCUT2D eigenvalue weighted by Crippen LogP contribution is -2.31. The van der Waals surface area contributed by atoms with E-state index in [1.807, 2.05) is 29.7 Å². The van der Waals surface area contributed by atoms with Gasteiger partial charge in [-0.3, -0.25) is 5.21 Å². The lowest BCUT2D eigenvalue weighted by molar-refractivity contribution is 0.382. The minimum absolute atomic E-state index is 0.127. The monoisotopic (exact) mass is 334 g/mol. The maximum absolute atomic E-state index is 9.14. The van der Waals surface area contributed by atoms with Gasteiger partial charge in [-0.05, 0) is 30.9 Å². The molecular weight excluding hydrogens is 316 g/mol. The second kappa shape index (κ2) is 7.43. The second-order valence-electron chi connectivity index (χ2n) is 5.39. The Hall–Kier alpha value is -2.12. The second-order valence-corrected chi connectivity index (χ2v) is 5.79. The van der Waals surface area contributed by atoms with Crippen LogP contribution in [-0.4, -0.2) is 33.2 Å². The number of rotatable bonds is 5. The van der Waals surface area contributed by atoms with Gasteiger partial charge in [-0.2, -0.15) is 15.0 Å². The van der Waals surface area contributed by atoms with Gasteiger partial charge in [0.1, 0.15) is 0 Å². The summed E-state index contributed by atoms with van der Waals surface area (Å²) in [5, 5.41) is 13.0. The molecule has 3 N–H and O–H groups in total. The third-order valence-electron chi connectivity index (χ3n) is 3.76. The summed E-state index contributed by atoms with van der Waals surface area (Å²) in [6.45, 7) is 2.33. The number of benzene rings is 1. The lowest BCUT2D eigenvalue weighted by atomic mass is 10.1. The van der Waals surface area contributed by atoms with Crippen LogP contribution in [0.5, 0.6) is 0 Å². The normalized spacial score (nSPS) is 14.6. The summed E-state index contributed by atoms with van der Waals surface area (Å²) in [4.78, 5) is 14.9. The van der Waals surface area contributed by atoms with Gasteiger partial charge < -0.3 is 10.2 Å². The number of halogens is 1. The van der Waals surface area contributed by atoms with Crippen LogP contribution in [0.1, 0.15) is 24.8 Å². The third kappa shape index (κ3) is 4.00. The van der Waals surface area contributed by atoms with Gasteiger partial charge in [0, 0.05) is 24.7 Å². The molecule has 0 spiro atoms. The number of hydrogen-bond acceptors (Lipinski definition) is 7. The standard InChI is InChI=1S/C15H19ClN6O/c16-12-7-3-2-6-11(12)10-17-13-18-14(21-23)20-15(19-13)22-8-4-1-5-9-22/h2-3,6-7,23H,1,4-5,8-10H2,(H2,17,18,19,20,21). The van der Waals surface area contributed by atoms with Gasteiger partial charge in [0.25, 0.3) is 5.95 Å². The Balaban J connectivity index is 1.77. The molecule has 1 saturated heterocycles. The number of anilines is 3. The molecule has 1 aromatic heterocycles. The SMILES string of the molecule is ONc1nc(NCc2ccccc2Cl)nc(N2CCCCC2)n1. The van der Waals surface area contributed by atoms with Crippen molar-refractivity contribution in [3.05, 3.63) is 34.9 Å². The molecule has 0 amide bonds. The van der Waals surface area contributed by atoms with E-state index < -0.39 is 0 Å². The average Bonchev–Trinajstić information content (AvgIpc) is 2.61. The van der Waals surface area contributed by atoms with Crippen molar-refractivity contribution in [3.8, 4) is 0 Å². The third-order valence-corrected chi connectivity index (χ3v) is 4.13. The fraction of sp³-hybridized carbons (Fsp3) is 0.400. The maximum Gasteiger partial charge on any atom is 0.253 e. The first kappa shape index (κ1) is 15.8. The minimum Gasteiger partial charge on any atom is -0.350 e. The first-order valence-corrected chi connectivity index (χ1v) is 8.02. The molecule has 1 aliphatic rings. The molecule has 2 heterocycles. The fourth-order valence-electron chi connectivity index (χ4n) is 2.55. The molecule has 0 saturated carbocycles. The summed E-state index contributed by atoms with van der Waals surface area (Å²) in [5.74, 6) is 1.09. The van der Waals surface area contributed by atoms with Crippen molar-refractivity contribution in [3.63, 3.8) is 0 Å². The molecule has 0 radical (unpaired) electrons. The van der Waals surface area contributed by atoms with Crippen molar-refractivity contribution in [2.75, 3.05) is 28.8 Å². The topological polar surface area (TPSA) is 86.2 Å². The Morgan fingerprint density at radius 1 is 1.04 bits per heavy atom. The summed E-state index contributed by atoms with van der Waals surface area (Å²) in [6, 6.07) is 7.59. The van der Waals surface area contributed by atoms with Crippen molar-refractivity contribution < 1.29 is 5.21 Å². The lowest BCUT2D eigenvalue weighted by Gasteiger charge is -2.26. The van der Waals surface area contributed by atoms with Crippen molar-refractivity contribution >= 4 is 29.4 Å². The van der Waals surface area contributed by atoms with Gasteiger partial charge in [0.05, 0.1) is 0 Å². The van der Waals surface area contributed by atoms with Crippen LogP contribution in [0.4, 0.5) is 17.8 Å². The van der Waals surface area contributed by atoms with Crippen molar-refractivity contribution in [1.29, 1.82) is 0 Å². The van der Waals surface area contributed by atoms with Gasteiger partial charge >= 0.3 is 0 Å². The molecule has 0 unspecified atom stereocenters. The first-order valence-electron chi connectivity index (χ1n) is 7.64. The number of aromatic nitrogens is 3. The molecule has 23 heavy (non-hydrogen) atoms. The van der Waals surface area contributed by atoms with E-state index >= 15 is 0 Å². The molecule has 8 heteroatoms. The van der Waals surface area contributed by atoms with E-state index in [0.717, 1.165) is 31.5 Å². The maximum atomic E-state index is 9.14. The molecular formula is C15H19ClN6O. The van der Waals surface area contributed by atoms with Crippen LogP contribution >= 0.6 is 11.6 Å². The number of nitrogens with zero attached hydrogens (tertiary/aromatic N) is 4. The highest BCUT2D eigenvalue weighted by molar-refractivity contribution is 6.31. The van der Waals surface area contributed by atoms with Gasteiger partial charge in [-0.1, -0.05) is 29.8 Å². The van der Waals surface area contributed by atoms with Crippen LogP contribution < -0.4 is 15.7 Å². The van der Waals surface area contributed by atoms with Crippen LogP contribution in [-0.2, 0) is 6.54 Å². The van der Waals surface area contributed by atoms with Gasteiger partial charge in [0.2, 0.25) is 11.9 Å². The van der Waals surface area contributed by atoms with Crippen molar-refractivity contribution in [2.24, 2.45) is 0 Å². The Kier molecular flexibility index (Phi) is 5.09. The molecule has 122 valence electrons. The van der Waals surface area contributed by atoms with E-state index in [1.54, 1.807) is 0 Å². The first-order chi connectivity index (χ1) is 11.3. The summed E-state index contributed by atoms with van der Waals surface area (Å²) < 4.78 is 0.